The first-order valence-electron chi connectivity index (χ1n) is 9.53. The topological polar surface area (TPSA) is 137 Å². The van der Waals surface area contributed by atoms with Crippen LogP contribution in [0.5, 0.6) is 0 Å². The molecule has 2 rings (SSSR count). The quantitative estimate of drug-likeness (QED) is 0.508. The van der Waals surface area contributed by atoms with Crippen molar-refractivity contribution in [2.24, 2.45) is 0 Å². The predicted molar refractivity (Wildman–Crippen MR) is 115 cm³/mol. The minimum atomic E-state index is -5.08. The normalized spacial score (nSPS) is 11.2. The molecule has 0 amide bonds. The number of hydrogen-bond acceptors (Lipinski definition) is 6. The molecule has 0 fully saturated rings. The Morgan fingerprint density at radius 3 is 2.27 bits per heavy atom. The molecule has 0 radical (unpaired) electrons. The zero-order valence-corrected chi connectivity index (χ0v) is 18.9. The molecule has 0 spiro atoms. The van der Waals surface area contributed by atoms with E-state index in [0.717, 1.165) is 18.4 Å². The number of hydrogen-bond donors (Lipinski definition) is 3. The highest BCUT2D eigenvalue weighted by atomic mass is 32.2. The van der Waals surface area contributed by atoms with Gasteiger partial charge in [0.2, 0.25) is 0 Å². The monoisotopic (exact) mass is 491 g/mol. The SMILES string of the molecule is CCCCN(C)c1ncc(C(=O)O)cc1NS(=O)(=O)c1cccc(C)c1.O=C(O)C(F)(F)F. The molecule has 0 unspecified atom stereocenters. The minimum Gasteiger partial charge on any atom is -0.478 e. The van der Waals surface area contributed by atoms with Gasteiger partial charge in [-0.05, 0) is 37.1 Å². The number of nitrogens with one attached hydrogen (secondary N) is 1. The van der Waals surface area contributed by atoms with Gasteiger partial charge in [-0.25, -0.2) is 23.0 Å². The molecular formula is C20H24F3N3O6S. The van der Waals surface area contributed by atoms with Gasteiger partial charge in [-0.1, -0.05) is 25.5 Å². The number of anilines is 2. The number of benzene rings is 1. The highest BCUT2D eigenvalue weighted by Gasteiger charge is 2.38. The van der Waals surface area contributed by atoms with Gasteiger partial charge in [0, 0.05) is 19.8 Å². The molecule has 33 heavy (non-hydrogen) atoms. The second-order valence-electron chi connectivity index (χ2n) is 6.90. The molecular weight excluding hydrogens is 467 g/mol. The van der Waals surface area contributed by atoms with Crippen LogP contribution in [0.25, 0.3) is 0 Å². The molecule has 9 nitrogen and oxygen atoms in total. The van der Waals surface area contributed by atoms with E-state index in [1.165, 1.54) is 18.3 Å². The molecule has 182 valence electrons. The molecule has 0 aliphatic heterocycles. The number of aliphatic carboxylic acids is 1. The van der Waals surface area contributed by atoms with Crippen molar-refractivity contribution < 1.29 is 41.4 Å². The van der Waals surface area contributed by atoms with Gasteiger partial charge in [0.15, 0.2) is 5.82 Å². The second-order valence-corrected chi connectivity index (χ2v) is 8.58. The van der Waals surface area contributed by atoms with Crippen LogP contribution in [0.1, 0.15) is 35.7 Å². The molecule has 0 bridgehead atoms. The third-order valence-electron chi connectivity index (χ3n) is 4.11. The number of carboxylic acid groups (broad SMARTS) is 2. The number of nitrogens with zero attached hydrogens (tertiary/aromatic N) is 2. The smallest absolute Gasteiger partial charge is 0.478 e. The third kappa shape index (κ3) is 8.60. The lowest BCUT2D eigenvalue weighted by molar-refractivity contribution is -0.192. The van der Waals surface area contributed by atoms with Crippen molar-refractivity contribution in [2.45, 2.75) is 37.8 Å². The van der Waals surface area contributed by atoms with Gasteiger partial charge in [0.05, 0.1) is 16.1 Å². The summed E-state index contributed by atoms with van der Waals surface area (Å²) in [5.41, 5.74) is 0.871. The van der Waals surface area contributed by atoms with Gasteiger partial charge in [-0.15, -0.1) is 0 Å². The average molecular weight is 491 g/mol. The molecule has 1 heterocycles. The van der Waals surface area contributed by atoms with E-state index in [2.05, 4.69) is 16.6 Å². The Hall–Kier alpha value is -3.35. The summed E-state index contributed by atoms with van der Waals surface area (Å²) in [6, 6.07) is 7.79. The lowest BCUT2D eigenvalue weighted by Gasteiger charge is -2.22. The standard InChI is InChI=1S/C18H23N3O4S.C2HF3O2/c1-4-5-9-21(3)17-16(11-14(12-19-17)18(22)23)20-26(24,25)15-8-6-7-13(2)10-15;3-2(4,5)1(6)7/h6-8,10-12,20H,4-5,9H2,1-3H3,(H,22,23);(H,6,7). The first-order valence-corrected chi connectivity index (χ1v) is 11.0. The molecule has 0 aliphatic rings. The molecule has 2 aromatic rings. The van der Waals surface area contributed by atoms with E-state index in [4.69, 9.17) is 9.90 Å². The van der Waals surface area contributed by atoms with Crippen molar-refractivity contribution in [1.82, 2.24) is 4.98 Å². The third-order valence-corrected chi connectivity index (χ3v) is 5.47. The number of aromatic carboxylic acids is 1. The van der Waals surface area contributed by atoms with E-state index < -0.39 is 28.1 Å². The van der Waals surface area contributed by atoms with Crippen molar-refractivity contribution in [3.8, 4) is 0 Å². The predicted octanol–water partition coefficient (Wildman–Crippen LogP) is 3.76. The van der Waals surface area contributed by atoms with Crippen LogP contribution in [0.4, 0.5) is 24.7 Å². The molecule has 0 saturated carbocycles. The van der Waals surface area contributed by atoms with E-state index in [0.29, 0.717) is 12.4 Å². The molecule has 1 aromatic heterocycles. The largest absolute Gasteiger partial charge is 0.490 e. The minimum absolute atomic E-state index is 0.0837. The number of pyridine rings is 1. The number of sulfonamides is 1. The van der Waals surface area contributed by atoms with Crippen LogP contribution in [-0.2, 0) is 14.8 Å². The Kier molecular flexibility index (Phi) is 9.64. The van der Waals surface area contributed by atoms with Gasteiger partial charge in [-0.2, -0.15) is 13.2 Å². The maximum Gasteiger partial charge on any atom is 0.490 e. The van der Waals surface area contributed by atoms with Crippen molar-refractivity contribution in [3.63, 3.8) is 0 Å². The van der Waals surface area contributed by atoms with Gasteiger partial charge in [0.25, 0.3) is 10.0 Å². The first kappa shape index (κ1) is 27.7. The molecule has 0 saturated heterocycles. The van der Waals surface area contributed by atoms with Gasteiger partial charge < -0.3 is 15.1 Å². The van der Waals surface area contributed by atoms with Crippen molar-refractivity contribution in [1.29, 1.82) is 0 Å². The number of halogens is 3. The Morgan fingerprint density at radius 2 is 1.79 bits per heavy atom. The number of rotatable bonds is 8. The fourth-order valence-corrected chi connectivity index (χ4v) is 3.60. The summed E-state index contributed by atoms with van der Waals surface area (Å²) < 4.78 is 59.7. The highest BCUT2D eigenvalue weighted by molar-refractivity contribution is 7.92. The molecule has 0 atom stereocenters. The maximum absolute atomic E-state index is 12.7. The molecule has 3 N–H and O–H groups in total. The number of carboxylic acids is 2. The molecule has 1 aromatic carbocycles. The summed E-state index contributed by atoms with van der Waals surface area (Å²) in [4.78, 5) is 26.2. The lowest BCUT2D eigenvalue weighted by atomic mass is 10.2. The summed E-state index contributed by atoms with van der Waals surface area (Å²) >= 11 is 0. The van der Waals surface area contributed by atoms with E-state index in [1.54, 1.807) is 32.2 Å². The van der Waals surface area contributed by atoms with Crippen LogP contribution in [0, 0.1) is 6.92 Å². The van der Waals surface area contributed by atoms with Crippen LogP contribution in [-0.4, -0.2) is 55.3 Å². The van der Waals surface area contributed by atoms with Crippen LogP contribution in [0.3, 0.4) is 0 Å². The Labute approximate surface area is 188 Å². The summed E-state index contributed by atoms with van der Waals surface area (Å²) in [5.74, 6) is -3.54. The van der Waals surface area contributed by atoms with Crippen LogP contribution in [0.15, 0.2) is 41.4 Å². The van der Waals surface area contributed by atoms with Crippen molar-refractivity contribution in [2.75, 3.05) is 23.2 Å². The molecule has 0 aliphatic carbocycles. The molecule has 13 heteroatoms. The fraction of sp³-hybridized carbons (Fsp3) is 0.350. The number of aromatic nitrogens is 1. The fourth-order valence-electron chi connectivity index (χ4n) is 2.44. The number of aryl methyl sites for hydroxylation is 1. The average Bonchev–Trinajstić information content (AvgIpc) is 2.71. The first-order chi connectivity index (χ1) is 15.2. The van der Waals surface area contributed by atoms with E-state index in [-0.39, 0.29) is 16.1 Å². The Bertz CT molecular complexity index is 1090. The van der Waals surface area contributed by atoms with Crippen LogP contribution in [0.2, 0.25) is 0 Å². The van der Waals surface area contributed by atoms with Crippen molar-refractivity contribution >= 4 is 33.5 Å². The van der Waals surface area contributed by atoms with E-state index in [1.807, 2.05) is 4.90 Å². The van der Waals surface area contributed by atoms with E-state index >= 15 is 0 Å². The van der Waals surface area contributed by atoms with Gasteiger partial charge in [-0.3, -0.25) is 4.72 Å². The Morgan fingerprint density at radius 1 is 1.18 bits per heavy atom. The maximum atomic E-state index is 12.7. The summed E-state index contributed by atoms with van der Waals surface area (Å²) in [6.45, 7) is 4.53. The zero-order valence-electron chi connectivity index (χ0n) is 18.0. The second kappa shape index (κ2) is 11.5. The van der Waals surface area contributed by atoms with E-state index in [9.17, 15) is 31.5 Å². The summed E-state index contributed by atoms with van der Waals surface area (Å²) in [7, 11) is -2.07. The summed E-state index contributed by atoms with van der Waals surface area (Å²) in [6.07, 6.45) is -1.98. The zero-order chi connectivity index (χ0) is 25.4. The number of carbonyl (C=O) groups is 2. The van der Waals surface area contributed by atoms with Crippen LogP contribution < -0.4 is 9.62 Å². The van der Waals surface area contributed by atoms with Gasteiger partial charge >= 0.3 is 18.1 Å². The van der Waals surface area contributed by atoms with Crippen LogP contribution >= 0.6 is 0 Å². The summed E-state index contributed by atoms with van der Waals surface area (Å²) in [5, 5.41) is 16.3. The van der Waals surface area contributed by atoms with Crippen molar-refractivity contribution in [3.05, 3.63) is 47.7 Å². The lowest BCUT2D eigenvalue weighted by Crippen LogP contribution is -2.23. The number of unbranched alkanes of at least 4 members (excludes halogenated alkanes) is 1. The van der Waals surface area contributed by atoms with Gasteiger partial charge in [0.1, 0.15) is 0 Å². The Balaban J connectivity index is 0.000000675. The number of alkyl halides is 3. The highest BCUT2D eigenvalue weighted by Crippen LogP contribution is 2.27.